The number of rotatable bonds is 3. The summed E-state index contributed by atoms with van der Waals surface area (Å²) < 4.78 is 0. The van der Waals surface area contributed by atoms with Gasteiger partial charge in [-0.2, -0.15) is 0 Å². The molecular weight excluding hydrogens is 264 g/mol. The van der Waals surface area contributed by atoms with Gasteiger partial charge in [0.25, 0.3) is 0 Å². The normalized spacial score (nSPS) is 24.2. The minimum absolute atomic E-state index is 0.560. The zero-order valence-corrected chi connectivity index (χ0v) is 11.3. The van der Waals surface area contributed by atoms with Crippen LogP contribution in [0.1, 0.15) is 25.3 Å². The van der Waals surface area contributed by atoms with Gasteiger partial charge in [0.05, 0.1) is 10.0 Å². The van der Waals surface area contributed by atoms with Gasteiger partial charge < -0.3 is 5.32 Å². The van der Waals surface area contributed by atoms with Gasteiger partial charge in [0.15, 0.2) is 0 Å². The SMILES string of the molecule is CC1CC(NCc2c(Cl)ccc(Cl)c2Cl)C1. The van der Waals surface area contributed by atoms with Crippen molar-refractivity contribution in [3.05, 3.63) is 32.8 Å². The van der Waals surface area contributed by atoms with Crippen molar-refractivity contribution >= 4 is 34.8 Å². The van der Waals surface area contributed by atoms with Crippen LogP contribution in [0.5, 0.6) is 0 Å². The van der Waals surface area contributed by atoms with Crippen LogP contribution in [0, 0.1) is 5.92 Å². The van der Waals surface area contributed by atoms with Gasteiger partial charge in [-0.1, -0.05) is 41.7 Å². The van der Waals surface area contributed by atoms with Crippen LogP contribution in [0.4, 0.5) is 0 Å². The number of halogens is 3. The highest BCUT2D eigenvalue weighted by atomic mass is 35.5. The average Bonchev–Trinajstić information content (AvgIpc) is 2.21. The smallest absolute Gasteiger partial charge is 0.0652 e. The van der Waals surface area contributed by atoms with E-state index in [2.05, 4.69) is 12.2 Å². The fourth-order valence-corrected chi connectivity index (χ4v) is 2.73. The topological polar surface area (TPSA) is 12.0 Å². The minimum Gasteiger partial charge on any atom is -0.310 e. The molecule has 0 spiro atoms. The van der Waals surface area contributed by atoms with Crippen LogP contribution >= 0.6 is 34.8 Å². The van der Waals surface area contributed by atoms with Crippen LogP contribution in [0.15, 0.2) is 12.1 Å². The van der Waals surface area contributed by atoms with Crippen LogP contribution in [0.25, 0.3) is 0 Å². The molecule has 0 atom stereocenters. The van der Waals surface area contributed by atoms with Crippen molar-refractivity contribution in [1.29, 1.82) is 0 Å². The first-order chi connectivity index (χ1) is 7.58. The van der Waals surface area contributed by atoms with Gasteiger partial charge >= 0.3 is 0 Å². The van der Waals surface area contributed by atoms with Gasteiger partial charge in [0.1, 0.15) is 0 Å². The van der Waals surface area contributed by atoms with Crippen LogP contribution in [0.3, 0.4) is 0 Å². The van der Waals surface area contributed by atoms with Crippen molar-refractivity contribution in [2.24, 2.45) is 5.92 Å². The molecule has 1 nitrogen and oxygen atoms in total. The number of benzene rings is 1. The summed E-state index contributed by atoms with van der Waals surface area (Å²) >= 11 is 18.2. The number of hydrogen-bond acceptors (Lipinski definition) is 1. The van der Waals surface area contributed by atoms with E-state index in [-0.39, 0.29) is 0 Å². The molecular formula is C12H14Cl3N. The van der Waals surface area contributed by atoms with Crippen molar-refractivity contribution in [1.82, 2.24) is 5.32 Å². The second kappa shape index (κ2) is 5.14. The van der Waals surface area contributed by atoms with E-state index in [1.54, 1.807) is 12.1 Å². The van der Waals surface area contributed by atoms with E-state index in [9.17, 15) is 0 Å². The Morgan fingerprint density at radius 1 is 1.19 bits per heavy atom. The maximum absolute atomic E-state index is 6.12. The predicted molar refractivity (Wildman–Crippen MR) is 70.5 cm³/mol. The van der Waals surface area contributed by atoms with Crippen molar-refractivity contribution in [3.63, 3.8) is 0 Å². The van der Waals surface area contributed by atoms with Gasteiger partial charge in [-0.25, -0.2) is 0 Å². The van der Waals surface area contributed by atoms with Crippen LogP contribution in [0.2, 0.25) is 15.1 Å². The highest BCUT2D eigenvalue weighted by molar-refractivity contribution is 6.44. The van der Waals surface area contributed by atoms with Gasteiger partial charge in [-0.15, -0.1) is 0 Å². The quantitative estimate of drug-likeness (QED) is 0.801. The Morgan fingerprint density at radius 3 is 2.44 bits per heavy atom. The zero-order chi connectivity index (χ0) is 11.7. The largest absolute Gasteiger partial charge is 0.310 e. The van der Waals surface area contributed by atoms with Gasteiger partial charge in [0, 0.05) is 23.2 Å². The van der Waals surface area contributed by atoms with E-state index in [1.165, 1.54) is 12.8 Å². The molecule has 0 aliphatic heterocycles. The average molecular weight is 279 g/mol. The lowest BCUT2D eigenvalue weighted by Crippen LogP contribution is -2.39. The molecule has 0 unspecified atom stereocenters. The summed E-state index contributed by atoms with van der Waals surface area (Å²) in [6.07, 6.45) is 2.46. The van der Waals surface area contributed by atoms with Crippen molar-refractivity contribution < 1.29 is 0 Å². The molecule has 0 aromatic heterocycles. The standard InChI is InChI=1S/C12H14Cl3N/c1-7-4-8(5-7)16-6-9-10(13)2-3-11(14)12(9)15/h2-3,7-8,16H,4-6H2,1H3. The maximum atomic E-state index is 6.12. The highest BCUT2D eigenvalue weighted by Gasteiger charge is 2.25. The molecule has 0 bridgehead atoms. The molecule has 1 fully saturated rings. The second-order valence-electron chi connectivity index (χ2n) is 4.48. The molecule has 1 saturated carbocycles. The van der Waals surface area contributed by atoms with E-state index in [0.29, 0.717) is 27.7 Å². The first kappa shape index (κ1) is 12.5. The van der Waals surface area contributed by atoms with E-state index < -0.39 is 0 Å². The Bertz CT molecular complexity index is 386. The van der Waals surface area contributed by atoms with E-state index in [1.807, 2.05) is 0 Å². The lowest BCUT2D eigenvalue weighted by molar-refractivity contribution is 0.240. The minimum atomic E-state index is 0.560. The molecule has 1 aliphatic rings. The second-order valence-corrected chi connectivity index (χ2v) is 5.67. The summed E-state index contributed by atoms with van der Waals surface area (Å²) in [5.41, 5.74) is 0.899. The van der Waals surface area contributed by atoms with Crippen molar-refractivity contribution in [2.45, 2.75) is 32.4 Å². The monoisotopic (exact) mass is 277 g/mol. The fourth-order valence-electron chi connectivity index (χ4n) is 2.05. The molecule has 1 N–H and O–H groups in total. The summed E-state index contributed by atoms with van der Waals surface area (Å²) in [6.45, 7) is 2.95. The Morgan fingerprint density at radius 2 is 1.81 bits per heavy atom. The van der Waals surface area contributed by atoms with Crippen LogP contribution < -0.4 is 5.32 Å². The Hall–Kier alpha value is 0.0500. The van der Waals surface area contributed by atoms with E-state index in [0.717, 1.165) is 11.5 Å². The van der Waals surface area contributed by atoms with Gasteiger partial charge in [-0.05, 0) is 30.9 Å². The molecule has 16 heavy (non-hydrogen) atoms. The molecule has 1 aromatic carbocycles. The first-order valence-corrected chi connectivity index (χ1v) is 6.57. The van der Waals surface area contributed by atoms with Crippen LogP contribution in [-0.4, -0.2) is 6.04 Å². The molecule has 0 amide bonds. The Balaban J connectivity index is 2.01. The summed E-state index contributed by atoms with van der Waals surface area (Å²) in [5.74, 6) is 0.836. The van der Waals surface area contributed by atoms with E-state index >= 15 is 0 Å². The molecule has 0 heterocycles. The van der Waals surface area contributed by atoms with Gasteiger partial charge in [0.2, 0.25) is 0 Å². The van der Waals surface area contributed by atoms with Gasteiger partial charge in [-0.3, -0.25) is 0 Å². The van der Waals surface area contributed by atoms with Crippen molar-refractivity contribution in [2.75, 3.05) is 0 Å². The predicted octanol–water partition coefficient (Wildman–Crippen LogP) is 4.53. The summed E-state index contributed by atoms with van der Waals surface area (Å²) in [6, 6.07) is 4.11. The third-order valence-corrected chi connectivity index (χ3v) is 4.28. The first-order valence-electron chi connectivity index (χ1n) is 5.43. The van der Waals surface area contributed by atoms with Crippen molar-refractivity contribution in [3.8, 4) is 0 Å². The third-order valence-electron chi connectivity index (χ3n) is 3.08. The fraction of sp³-hybridized carbons (Fsp3) is 0.500. The summed E-state index contributed by atoms with van der Waals surface area (Å²) in [7, 11) is 0. The summed E-state index contributed by atoms with van der Waals surface area (Å²) in [4.78, 5) is 0. The molecule has 0 radical (unpaired) electrons. The third kappa shape index (κ3) is 2.65. The Kier molecular flexibility index (Phi) is 4.01. The number of nitrogens with one attached hydrogen (secondary N) is 1. The lowest BCUT2D eigenvalue weighted by atomic mass is 9.82. The zero-order valence-electron chi connectivity index (χ0n) is 9.06. The summed E-state index contributed by atoms with van der Waals surface area (Å²) in [5, 5.41) is 5.25. The molecule has 1 aromatic rings. The van der Waals surface area contributed by atoms with E-state index in [4.69, 9.17) is 34.8 Å². The molecule has 2 rings (SSSR count). The van der Waals surface area contributed by atoms with Crippen LogP contribution in [-0.2, 0) is 6.54 Å². The number of hydrogen-bond donors (Lipinski definition) is 1. The molecule has 1 aliphatic carbocycles. The lowest BCUT2D eigenvalue weighted by Gasteiger charge is -2.33. The Labute approximate surface area is 111 Å². The highest BCUT2D eigenvalue weighted by Crippen LogP contribution is 2.32. The molecule has 0 saturated heterocycles. The molecule has 4 heteroatoms. The molecule has 88 valence electrons. The maximum Gasteiger partial charge on any atom is 0.0652 e.